The first kappa shape index (κ1) is 14.3. The molecule has 1 aromatic heterocycles. The van der Waals surface area contributed by atoms with Gasteiger partial charge in [0, 0.05) is 5.56 Å². The van der Waals surface area contributed by atoms with Crippen LogP contribution in [0, 0.1) is 17.7 Å². The SMILES string of the molecule is CC#C[C@](O)(c1ccc(F)cc1)c1snc(Cl)c1Cl. The van der Waals surface area contributed by atoms with Crippen LogP contribution in [0.1, 0.15) is 17.4 Å². The Hall–Kier alpha value is -1.12. The Labute approximate surface area is 124 Å². The third-order valence-corrected chi connectivity index (χ3v) is 4.40. The highest BCUT2D eigenvalue weighted by molar-refractivity contribution is 7.07. The fourth-order valence-corrected chi connectivity index (χ4v) is 2.94. The third kappa shape index (κ3) is 2.60. The van der Waals surface area contributed by atoms with E-state index in [1.165, 1.54) is 24.3 Å². The molecule has 1 N–H and O–H groups in total. The third-order valence-electron chi connectivity index (χ3n) is 2.49. The Morgan fingerprint density at radius 2 is 1.95 bits per heavy atom. The summed E-state index contributed by atoms with van der Waals surface area (Å²) in [5.41, 5.74) is -1.24. The van der Waals surface area contributed by atoms with Gasteiger partial charge < -0.3 is 5.11 Å². The van der Waals surface area contributed by atoms with Crippen LogP contribution in [-0.2, 0) is 5.60 Å². The summed E-state index contributed by atoms with van der Waals surface area (Å²) in [7, 11) is 0. The molecule has 1 heterocycles. The fraction of sp³-hybridized carbons (Fsp3) is 0.154. The summed E-state index contributed by atoms with van der Waals surface area (Å²) in [6, 6.07) is 5.38. The normalized spacial score (nSPS) is 13.5. The van der Waals surface area contributed by atoms with Gasteiger partial charge in [0.1, 0.15) is 5.82 Å². The van der Waals surface area contributed by atoms with E-state index in [0.29, 0.717) is 10.4 Å². The molecule has 0 unspecified atom stereocenters. The molecule has 98 valence electrons. The highest BCUT2D eigenvalue weighted by Gasteiger charge is 2.35. The molecule has 0 aliphatic heterocycles. The first-order chi connectivity index (χ1) is 8.99. The number of benzene rings is 1. The van der Waals surface area contributed by atoms with E-state index in [1.54, 1.807) is 6.92 Å². The van der Waals surface area contributed by atoms with Gasteiger partial charge in [-0.15, -0.1) is 5.92 Å². The van der Waals surface area contributed by atoms with E-state index < -0.39 is 11.4 Å². The molecule has 0 fully saturated rings. The summed E-state index contributed by atoms with van der Waals surface area (Å²) in [5, 5.41) is 11.0. The fourth-order valence-electron chi connectivity index (χ4n) is 1.62. The Bertz CT molecular complexity index is 660. The van der Waals surface area contributed by atoms with Crippen molar-refractivity contribution in [2.75, 3.05) is 0 Å². The smallest absolute Gasteiger partial charge is 0.189 e. The van der Waals surface area contributed by atoms with Crippen molar-refractivity contribution in [3.8, 4) is 11.8 Å². The van der Waals surface area contributed by atoms with E-state index in [-0.39, 0.29) is 10.2 Å². The van der Waals surface area contributed by atoms with Gasteiger partial charge in [0.2, 0.25) is 0 Å². The highest BCUT2D eigenvalue weighted by atomic mass is 35.5. The molecule has 0 saturated carbocycles. The minimum Gasteiger partial charge on any atom is -0.369 e. The molecule has 0 radical (unpaired) electrons. The van der Waals surface area contributed by atoms with Crippen LogP contribution in [-0.4, -0.2) is 9.48 Å². The van der Waals surface area contributed by atoms with E-state index in [1.807, 2.05) is 0 Å². The molecule has 0 spiro atoms. The van der Waals surface area contributed by atoms with Crippen LogP contribution in [0.25, 0.3) is 0 Å². The van der Waals surface area contributed by atoms with Gasteiger partial charge in [-0.3, -0.25) is 0 Å². The second-order valence-corrected chi connectivity index (χ2v) is 5.22. The van der Waals surface area contributed by atoms with Gasteiger partial charge in [-0.05, 0) is 30.6 Å². The van der Waals surface area contributed by atoms with Crippen LogP contribution < -0.4 is 0 Å². The lowest BCUT2D eigenvalue weighted by Crippen LogP contribution is -2.24. The van der Waals surface area contributed by atoms with Gasteiger partial charge in [0.05, 0.1) is 9.90 Å². The van der Waals surface area contributed by atoms with E-state index >= 15 is 0 Å². The molecule has 0 amide bonds. The zero-order valence-corrected chi connectivity index (χ0v) is 12.1. The predicted octanol–water partition coefficient (Wildman–Crippen LogP) is 3.85. The standard InChI is InChI=1S/C13H8Cl2FNOS/c1-2-7-13(18,8-3-5-9(16)6-4-8)11-10(14)12(15)17-19-11/h3-6,18H,1H3/t13-/m0/s1. The van der Waals surface area contributed by atoms with Crippen molar-refractivity contribution in [1.82, 2.24) is 4.37 Å². The van der Waals surface area contributed by atoms with E-state index in [4.69, 9.17) is 23.2 Å². The van der Waals surface area contributed by atoms with E-state index in [0.717, 1.165) is 11.5 Å². The second-order valence-electron chi connectivity index (χ2n) is 3.71. The van der Waals surface area contributed by atoms with Crippen molar-refractivity contribution in [3.05, 3.63) is 50.7 Å². The molecule has 1 atom stereocenters. The van der Waals surface area contributed by atoms with Crippen molar-refractivity contribution in [2.24, 2.45) is 0 Å². The molecule has 2 rings (SSSR count). The van der Waals surface area contributed by atoms with Crippen molar-refractivity contribution in [1.29, 1.82) is 0 Å². The van der Waals surface area contributed by atoms with Crippen LogP contribution in [0.3, 0.4) is 0 Å². The monoisotopic (exact) mass is 315 g/mol. The Kier molecular flexibility index (Phi) is 4.12. The Morgan fingerprint density at radius 1 is 1.32 bits per heavy atom. The summed E-state index contributed by atoms with van der Waals surface area (Å²) in [6.45, 7) is 1.59. The van der Waals surface area contributed by atoms with Crippen molar-refractivity contribution in [2.45, 2.75) is 12.5 Å². The number of hydrogen-bond donors (Lipinski definition) is 1. The summed E-state index contributed by atoms with van der Waals surface area (Å²) in [5.74, 6) is 4.92. The Morgan fingerprint density at radius 3 is 2.42 bits per heavy atom. The molecule has 2 aromatic rings. The van der Waals surface area contributed by atoms with Crippen LogP contribution in [0.4, 0.5) is 4.39 Å². The molecule has 0 bridgehead atoms. The molecule has 6 heteroatoms. The molecular formula is C13H8Cl2FNOS. The number of nitrogens with zero attached hydrogens (tertiary/aromatic N) is 1. The lowest BCUT2D eigenvalue weighted by Gasteiger charge is -2.21. The van der Waals surface area contributed by atoms with Gasteiger partial charge in [0.15, 0.2) is 10.8 Å². The molecule has 0 aliphatic carbocycles. The highest BCUT2D eigenvalue weighted by Crippen LogP contribution is 2.40. The van der Waals surface area contributed by atoms with Gasteiger partial charge in [-0.2, -0.15) is 4.37 Å². The van der Waals surface area contributed by atoms with Gasteiger partial charge in [0.25, 0.3) is 0 Å². The van der Waals surface area contributed by atoms with Gasteiger partial charge in [-0.25, -0.2) is 4.39 Å². The zero-order valence-electron chi connectivity index (χ0n) is 9.75. The summed E-state index contributed by atoms with van der Waals surface area (Å²) in [4.78, 5) is 0.320. The topological polar surface area (TPSA) is 33.1 Å². The molecule has 19 heavy (non-hydrogen) atoms. The maximum absolute atomic E-state index is 13.0. The van der Waals surface area contributed by atoms with Crippen LogP contribution in [0.5, 0.6) is 0 Å². The number of hydrogen-bond acceptors (Lipinski definition) is 3. The lowest BCUT2D eigenvalue weighted by atomic mass is 9.92. The van der Waals surface area contributed by atoms with Gasteiger partial charge >= 0.3 is 0 Å². The quantitative estimate of drug-likeness (QED) is 0.854. The average Bonchev–Trinajstić information content (AvgIpc) is 2.71. The Balaban J connectivity index is 2.63. The molecule has 0 aliphatic rings. The minimum absolute atomic E-state index is 0.111. The summed E-state index contributed by atoms with van der Waals surface area (Å²) in [6.07, 6.45) is 0. The van der Waals surface area contributed by atoms with Crippen LogP contribution in [0.2, 0.25) is 10.2 Å². The first-order valence-electron chi connectivity index (χ1n) is 5.22. The predicted molar refractivity (Wildman–Crippen MR) is 75.0 cm³/mol. The largest absolute Gasteiger partial charge is 0.369 e. The maximum Gasteiger partial charge on any atom is 0.189 e. The van der Waals surface area contributed by atoms with Crippen molar-refractivity contribution in [3.63, 3.8) is 0 Å². The van der Waals surface area contributed by atoms with E-state index in [2.05, 4.69) is 16.2 Å². The number of aromatic nitrogens is 1. The molecular weight excluding hydrogens is 308 g/mol. The first-order valence-corrected chi connectivity index (χ1v) is 6.75. The van der Waals surface area contributed by atoms with Crippen molar-refractivity contribution >= 4 is 34.7 Å². The van der Waals surface area contributed by atoms with E-state index in [9.17, 15) is 9.50 Å². The maximum atomic E-state index is 13.0. The number of aliphatic hydroxyl groups is 1. The molecule has 2 nitrogen and oxygen atoms in total. The molecule has 0 saturated heterocycles. The number of rotatable bonds is 2. The average molecular weight is 316 g/mol. The van der Waals surface area contributed by atoms with Crippen LogP contribution >= 0.6 is 34.7 Å². The minimum atomic E-state index is -1.65. The summed E-state index contributed by atoms with van der Waals surface area (Å²) >= 11 is 12.8. The van der Waals surface area contributed by atoms with Crippen LogP contribution in [0.15, 0.2) is 24.3 Å². The summed E-state index contributed by atoms with van der Waals surface area (Å²) < 4.78 is 16.9. The zero-order chi connectivity index (χ0) is 14.0. The molecule has 1 aromatic carbocycles. The number of halogens is 3. The second kappa shape index (κ2) is 5.48. The lowest BCUT2D eigenvalue weighted by molar-refractivity contribution is 0.149. The van der Waals surface area contributed by atoms with Gasteiger partial charge in [-0.1, -0.05) is 41.3 Å². The van der Waals surface area contributed by atoms with Crippen molar-refractivity contribution < 1.29 is 9.50 Å².